The molecule has 20 heavy (non-hydrogen) atoms. The predicted molar refractivity (Wildman–Crippen MR) is 80.3 cm³/mol. The van der Waals surface area contributed by atoms with E-state index >= 15 is 0 Å². The number of pyridine rings is 1. The number of rotatable bonds is 4. The molecule has 1 saturated carbocycles. The van der Waals surface area contributed by atoms with E-state index in [4.69, 9.17) is 0 Å². The largest absolute Gasteiger partial charge is 0.478 e. The molecule has 1 aliphatic carbocycles. The third kappa shape index (κ3) is 3.30. The van der Waals surface area contributed by atoms with Crippen molar-refractivity contribution in [1.29, 1.82) is 0 Å². The van der Waals surface area contributed by atoms with Gasteiger partial charge in [0, 0.05) is 11.7 Å². The second-order valence-corrected chi connectivity index (χ2v) is 5.85. The lowest BCUT2D eigenvalue weighted by Crippen LogP contribution is -2.27. The van der Waals surface area contributed by atoms with E-state index in [1.54, 1.807) is 6.92 Å². The molecule has 2 N–H and O–H groups in total. The van der Waals surface area contributed by atoms with Crippen LogP contribution in [0.3, 0.4) is 0 Å². The van der Waals surface area contributed by atoms with E-state index in [-0.39, 0.29) is 0 Å². The number of carboxylic acids is 1. The van der Waals surface area contributed by atoms with Crippen LogP contribution in [-0.4, -0.2) is 22.1 Å². The van der Waals surface area contributed by atoms with Crippen molar-refractivity contribution >= 4 is 11.7 Å². The summed E-state index contributed by atoms with van der Waals surface area (Å²) in [6, 6.07) is 2.24. The van der Waals surface area contributed by atoms with Crippen LogP contribution in [0.5, 0.6) is 0 Å². The number of hydrogen-bond donors (Lipinski definition) is 2. The average Bonchev–Trinajstić information content (AvgIpc) is 2.38. The number of carbonyl (C=O) groups is 1. The maximum atomic E-state index is 11.4. The Morgan fingerprint density at radius 2 is 2.00 bits per heavy atom. The number of aromatic nitrogens is 1. The maximum absolute atomic E-state index is 11.4. The van der Waals surface area contributed by atoms with Gasteiger partial charge in [-0.3, -0.25) is 4.98 Å². The molecule has 1 aromatic heterocycles. The average molecular weight is 276 g/mol. The number of aromatic carboxylic acids is 1. The standard InChI is InChI=1S/C16H24N2O2/c1-4-12-5-7-13(8-6-12)18-14-9-10(2)17-11(3)15(14)16(19)20/h9,12-13H,4-8H2,1-3H3,(H,17,18)(H,19,20). The Hall–Kier alpha value is -1.58. The van der Waals surface area contributed by atoms with Gasteiger partial charge in [-0.05, 0) is 51.5 Å². The van der Waals surface area contributed by atoms with Crippen LogP contribution < -0.4 is 5.32 Å². The van der Waals surface area contributed by atoms with Crippen LogP contribution in [-0.2, 0) is 0 Å². The Labute approximate surface area is 120 Å². The molecule has 0 saturated heterocycles. The fourth-order valence-electron chi connectivity index (χ4n) is 3.15. The highest BCUT2D eigenvalue weighted by molar-refractivity contribution is 5.95. The molecule has 0 unspecified atom stereocenters. The van der Waals surface area contributed by atoms with Crippen LogP contribution in [0, 0.1) is 19.8 Å². The van der Waals surface area contributed by atoms with Crippen molar-refractivity contribution < 1.29 is 9.90 Å². The summed E-state index contributed by atoms with van der Waals surface area (Å²) in [6.45, 7) is 5.91. The van der Waals surface area contributed by atoms with Crippen molar-refractivity contribution in [1.82, 2.24) is 4.98 Å². The third-order valence-corrected chi connectivity index (χ3v) is 4.33. The maximum Gasteiger partial charge on any atom is 0.339 e. The molecule has 4 heteroatoms. The highest BCUT2D eigenvalue weighted by Crippen LogP contribution is 2.30. The van der Waals surface area contributed by atoms with Crippen molar-refractivity contribution in [2.24, 2.45) is 5.92 Å². The zero-order valence-corrected chi connectivity index (χ0v) is 12.6. The fraction of sp³-hybridized carbons (Fsp3) is 0.625. The molecule has 2 rings (SSSR count). The second-order valence-electron chi connectivity index (χ2n) is 5.85. The Kier molecular flexibility index (Phi) is 4.63. The van der Waals surface area contributed by atoms with Crippen molar-refractivity contribution in [3.8, 4) is 0 Å². The molecule has 0 radical (unpaired) electrons. The van der Waals surface area contributed by atoms with Gasteiger partial charge in [0.05, 0.1) is 11.4 Å². The van der Waals surface area contributed by atoms with Gasteiger partial charge >= 0.3 is 5.97 Å². The SMILES string of the molecule is CCC1CCC(Nc2cc(C)nc(C)c2C(=O)O)CC1. The number of nitrogens with zero attached hydrogens (tertiary/aromatic N) is 1. The van der Waals surface area contributed by atoms with E-state index in [0.29, 0.717) is 17.3 Å². The van der Waals surface area contributed by atoms with Gasteiger partial charge in [0.15, 0.2) is 0 Å². The molecule has 1 aromatic rings. The molecule has 0 aliphatic heterocycles. The second kappa shape index (κ2) is 6.25. The zero-order chi connectivity index (χ0) is 14.7. The van der Waals surface area contributed by atoms with Gasteiger partial charge in [-0.15, -0.1) is 0 Å². The van der Waals surface area contributed by atoms with Gasteiger partial charge in [-0.1, -0.05) is 13.3 Å². The van der Waals surface area contributed by atoms with Gasteiger partial charge in [-0.25, -0.2) is 4.79 Å². The first-order chi connectivity index (χ1) is 9.51. The Morgan fingerprint density at radius 1 is 1.35 bits per heavy atom. The first kappa shape index (κ1) is 14.8. The molecular weight excluding hydrogens is 252 g/mol. The highest BCUT2D eigenvalue weighted by atomic mass is 16.4. The van der Waals surface area contributed by atoms with E-state index in [2.05, 4.69) is 17.2 Å². The summed E-state index contributed by atoms with van der Waals surface area (Å²) in [7, 11) is 0. The lowest BCUT2D eigenvalue weighted by Gasteiger charge is -2.29. The lowest BCUT2D eigenvalue weighted by molar-refractivity contribution is 0.0696. The fourth-order valence-corrected chi connectivity index (χ4v) is 3.15. The summed E-state index contributed by atoms with van der Waals surface area (Å²) in [5.41, 5.74) is 2.48. The quantitative estimate of drug-likeness (QED) is 0.878. The van der Waals surface area contributed by atoms with E-state index in [0.717, 1.165) is 30.1 Å². The zero-order valence-electron chi connectivity index (χ0n) is 12.6. The molecule has 1 fully saturated rings. The first-order valence-corrected chi connectivity index (χ1v) is 7.49. The van der Waals surface area contributed by atoms with Gasteiger partial charge in [-0.2, -0.15) is 0 Å². The van der Waals surface area contributed by atoms with Crippen LogP contribution in [0.15, 0.2) is 6.07 Å². The van der Waals surface area contributed by atoms with Crippen LogP contribution in [0.2, 0.25) is 0 Å². The number of carboxylic acid groups (broad SMARTS) is 1. The Bertz CT molecular complexity index is 491. The molecule has 110 valence electrons. The van der Waals surface area contributed by atoms with E-state index in [9.17, 15) is 9.90 Å². The van der Waals surface area contributed by atoms with Gasteiger partial charge < -0.3 is 10.4 Å². The smallest absolute Gasteiger partial charge is 0.339 e. The Balaban J connectivity index is 2.15. The molecule has 0 atom stereocenters. The van der Waals surface area contributed by atoms with Crippen LogP contribution in [0.4, 0.5) is 5.69 Å². The van der Waals surface area contributed by atoms with Crippen molar-refractivity contribution in [2.75, 3.05) is 5.32 Å². The minimum absolute atomic E-state index is 0.313. The summed E-state index contributed by atoms with van der Waals surface area (Å²) in [6.07, 6.45) is 5.97. The molecule has 0 spiro atoms. The number of aryl methyl sites for hydroxylation is 2. The van der Waals surface area contributed by atoms with Crippen molar-refractivity contribution in [2.45, 2.75) is 58.9 Å². The van der Waals surface area contributed by atoms with Gasteiger partial charge in [0.25, 0.3) is 0 Å². The van der Waals surface area contributed by atoms with Crippen LogP contribution >= 0.6 is 0 Å². The predicted octanol–water partition coefficient (Wildman–Crippen LogP) is 3.78. The monoisotopic (exact) mass is 276 g/mol. The third-order valence-electron chi connectivity index (χ3n) is 4.33. The number of nitrogens with one attached hydrogen (secondary N) is 1. The first-order valence-electron chi connectivity index (χ1n) is 7.49. The minimum Gasteiger partial charge on any atom is -0.478 e. The molecule has 4 nitrogen and oxygen atoms in total. The van der Waals surface area contributed by atoms with Crippen LogP contribution in [0.1, 0.15) is 60.8 Å². The van der Waals surface area contributed by atoms with E-state index in [1.807, 2.05) is 13.0 Å². The van der Waals surface area contributed by atoms with Crippen molar-refractivity contribution in [3.63, 3.8) is 0 Å². The summed E-state index contributed by atoms with van der Waals surface area (Å²) in [5, 5.41) is 12.8. The summed E-state index contributed by atoms with van der Waals surface area (Å²) < 4.78 is 0. The summed E-state index contributed by atoms with van der Waals surface area (Å²) >= 11 is 0. The Morgan fingerprint density at radius 3 is 2.55 bits per heavy atom. The van der Waals surface area contributed by atoms with Crippen LogP contribution in [0.25, 0.3) is 0 Å². The molecule has 0 aromatic carbocycles. The molecule has 1 heterocycles. The molecular formula is C16H24N2O2. The highest BCUT2D eigenvalue weighted by Gasteiger charge is 2.22. The molecule has 0 amide bonds. The number of hydrogen-bond acceptors (Lipinski definition) is 3. The van der Waals surface area contributed by atoms with E-state index in [1.165, 1.54) is 19.3 Å². The van der Waals surface area contributed by atoms with Crippen molar-refractivity contribution in [3.05, 3.63) is 23.0 Å². The summed E-state index contributed by atoms with van der Waals surface area (Å²) in [5.74, 6) is -0.0624. The summed E-state index contributed by atoms with van der Waals surface area (Å²) in [4.78, 5) is 15.7. The normalized spacial score (nSPS) is 22.6. The minimum atomic E-state index is -0.903. The number of anilines is 1. The molecule has 0 bridgehead atoms. The van der Waals surface area contributed by atoms with E-state index < -0.39 is 5.97 Å². The van der Waals surface area contributed by atoms with Gasteiger partial charge in [0.2, 0.25) is 0 Å². The van der Waals surface area contributed by atoms with Gasteiger partial charge in [0.1, 0.15) is 5.56 Å². The topological polar surface area (TPSA) is 62.2 Å². The molecule has 1 aliphatic rings. The lowest BCUT2D eigenvalue weighted by atomic mass is 9.84.